The second-order valence-electron chi connectivity index (χ2n) is 4.53. The van der Waals surface area contributed by atoms with Crippen molar-refractivity contribution in [3.8, 4) is 0 Å². The lowest BCUT2D eigenvalue weighted by molar-refractivity contribution is -0.117. The average molecular weight is 272 g/mol. The lowest BCUT2D eigenvalue weighted by Gasteiger charge is -2.06. The van der Waals surface area contributed by atoms with E-state index in [9.17, 15) is 9.59 Å². The Kier molecular flexibility index (Phi) is 3.12. The molecule has 1 aliphatic rings. The molecule has 1 aromatic carbocycles. The Morgan fingerprint density at radius 1 is 1.10 bits per heavy atom. The van der Waals surface area contributed by atoms with Crippen LogP contribution < -0.4 is 10.6 Å². The predicted octanol–water partition coefficient (Wildman–Crippen LogP) is 0.800. The van der Waals surface area contributed by atoms with Gasteiger partial charge in [-0.15, -0.1) is 10.2 Å². The van der Waals surface area contributed by atoms with Gasteiger partial charge in [0.2, 0.25) is 5.91 Å². The number of anilines is 2. The summed E-state index contributed by atoms with van der Waals surface area (Å²) in [6.45, 7) is 0. The first-order valence-corrected chi connectivity index (χ1v) is 6.18. The van der Waals surface area contributed by atoms with Crippen molar-refractivity contribution >= 4 is 23.2 Å². The third-order valence-electron chi connectivity index (χ3n) is 2.91. The summed E-state index contributed by atoms with van der Waals surface area (Å²) in [4.78, 5) is 23.3. The zero-order valence-corrected chi connectivity index (χ0v) is 10.5. The Morgan fingerprint density at radius 3 is 2.30 bits per heavy atom. The second-order valence-corrected chi connectivity index (χ2v) is 4.53. The van der Waals surface area contributed by atoms with Crippen LogP contribution in [0.15, 0.2) is 24.3 Å². The molecule has 3 rings (SSSR count). The fraction of sp³-hybridized carbons (Fsp3) is 0.250. The van der Waals surface area contributed by atoms with Crippen LogP contribution in [0.1, 0.15) is 23.5 Å². The van der Waals surface area contributed by atoms with Crippen molar-refractivity contribution in [3.63, 3.8) is 0 Å². The number of aromatic nitrogens is 4. The van der Waals surface area contributed by atoms with Crippen LogP contribution in [0, 0.1) is 5.92 Å². The molecule has 0 saturated heterocycles. The van der Waals surface area contributed by atoms with Crippen LogP contribution in [0.2, 0.25) is 0 Å². The van der Waals surface area contributed by atoms with Gasteiger partial charge in [-0.25, -0.2) is 0 Å². The highest BCUT2D eigenvalue weighted by Crippen LogP contribution is 2.30. The number of carbonyl (C=O) groups excluding carboxylic acids is 2. The highest BCUT2D eigenvalue weighted by atomic mass is 16.2. The van der Waals surface area contributed by atoms with Crippen molar-refractivity contribution in [1.82, 2.24) is 20.6 Å². The van der Waals surface area contributed by atoms with E-state index in [0.717, 1.165) is 12.8 Å². The van der Waals surface area contributed by atoms with E-state index in [2.05, 4.69) is 31.3 Å². The topological polar surface area (TPSA) is 113 Å². The predicted molar refractivity (Wildman–Crippen MR) is 69.9 cm³/mol. The van der Waals surface area contributed by atoms with Crippen LogP contribution in [0.5, 0.6) is 0 Å². The Hall–Kier alpha value is -2.77. The van der Waals surface area contributed by atoms with Gasteiger partial charge >= 0.3 is 0 Å². The molecule has 0 unspecified atom stereocenters. The fourth-order valence-corrected chi connectivity index (χ4v) is 1.67. The highest BCUT2D eigenvalue weighted by molar-refractivity contribution is 6.01. The van der Waals surface area contributed by atoms with Gasteiger partial charge in [0.25, 0.3) is 11.7 Å². The Bertz CT molecular complexity index is 618. The summed E-state index contributed by atoms with van der Waals surface area (Å²) >= 11 is 0. The van der Waals surface area contributed by atoms with Gasteiger partial charge in [-0.05, 0) is 42.3 Å². The van der Waals surface area contributed by atoms with Gasteiger partial charge in [-0.1, -0.05) is 0 Å². The van der Waals surface area contributed by atoms with Crippen LogP contribution in [0.4, 0.5) is 11.4 Å². The third kappa shape index (κ3) is 2.79. The largest absolute Gasteiger partial charge is 0.326 e. The normalized spacial score (nSPS) is 13.8. The van der Waals surface area contributed by atoms with Gasteiger partial charge in [0.1, 0.15) is 0 Å². The first kappa shape index (κ1) is 12.3. The minimum atomic E-state index is -0.450. The van der Waals surface area contributed by atoms with E-state index in [-0.39, 0.29) is 17.6 Å². The average Bonchev–Trinajstić information content (AvgIpc) is 3.16. The van der Waals surface area contributed by atoms with E-state index in [4.69, 9.17) is 0 Å². The van der Waals surface area contributed by atoms with Gasteiger partial charge in [-0.2, -0.15) is 5.21 Å². The first-order chi connectivity index (χ1) is 9.72. The molecule has 8 nitrogen and oxygen atoms in total. The first-order valence-electron chi connectivity index (χ1n) is 6.18. The van der Waals surface area contributed by atoms with Crippen LogP contribution in [0.3, 0.4) is 0 Å². The quantitative estimate of drug-likeness (QED) is 0.762. The van der Waals surface area contributed by atoms with Crippen molar-refractivity contribution in [1.29, 1.82) is 0 Å². The van der Waals surface area contributed by atoms with Crippen molar-refractivity contribution < 1.29 is 9.59 Å². The number of benzene rings is 1. The molecule has 3 N–H and O–H groups in total. The summed E-state index contributed by atoms with van der Waals surface area (Å²) in [6, 6.07) is 6.85. The van der Waals surface area contributed by atoms with E-state index >= 15 is 0 Å². The summed E-state index contributed by atoms with van der Waals surface area (Å²) in [6.07, 6.45) is 1.93. The minimum Gasteiger partial charge on any atom is -0.326 e. The number of tetrazole rings is 1. The zero-order valence-electron chi connectivity index (χ0n) is 10.5. The molecule has 102 valence electrons. The molecule has 1 aliphatic carbocycles. The number of aromatic amines is 1. The van der Waals surface area contributed by atoms with Gasteiger partial charge in [0.05, 0.1) is 0 Å². The molecule has 1 saturated carbocycles. The van der Waals surface area contributed by atoms with Crippen LogP contribution in [0.25, 0.3) is 0 Å². The maximum Gasteiger partial charge on any atom is 0.297 e. The van der Waals surface area contributed by atoms with E-state index in [1.165, 1.54) is 0 Å². The van der Waals surface area contributed by atoms with Crippen LogP contribution in [-0.2, 0) is 4.79 Å². The van der Waals surface area contributed by atoms with Crippen molar-refractivity contribution in [2.24, 2.45) is 5.92 Å². The van der Waals surface area contributed by atoms with Crippen molar-refractivity contribution in [2.45, 2.75) is 12.8 Å². The molecule has 20 heavy (non-hydrogen) atoms. The zero-order chi connectivity index (χ0) is 13.9. The molecule has 1 heterocycles. The van der Waals surface area contributed by atoms with E-state index in [1.807, 2.05) is 0 Å². The minimum absolute atomic E-state index is 0.0314. The lowest BCUT2D eigenvalue weighted by Crippen LogP contribution is -2.15. The van der Waals surface area contributed by atoms with E-state index in [1.54, 1.807) is 24.3 Å². The molecule has 0 bridgehead atoms. The number of carbonyl (C=O) groups is 2. The summed E-state index contributed by atoms with van der Waals surface area (Å²) in [7, 11) is 0. The van der Waals surface area contributed by atoms with Crippen molar-refractivity contribution in [3.05, 3.63) is 30.1 Å². The van der Waals surface area contributed by atoms with Gasteiger partial charge in [0.15, 0.2) is 0 Å². The van der Waals surface area contributed by atoms with Gasteiger partial charge in [0, 0.05) is 17.3 Å². The van der Waals surface area contributed by atoms with Crippen LogP contribution >= 0.6 is 0 Å². The van der Waals surface area contributed by atoms with E-state index in [0.29, 0.717) is 11.4 Å². The molecule has 0 spiro atoms. The number of amides is 2. The molecule has 2 amide bonds. The number of H-pyrrole nitrogens is 1. The lowest BCUT2D eigenvalue weighted by atomic mass is 10.2. The van der Waals surface area contributed by atoms with Crippen LogP contribution in [-0.4, -0.2) is 32.4 Å². The summed E-state index contributed by atoms with van der Waals surface area (Å²) in [5.74, 6) is -0.272. The number of nitrogens with zero attached hydrogens (tertiary/aromatic N) is 3. The summed E-state index contributed by atoms with van der Waals surface area (Å²) < 4.78 is 0. The molecule has 2 aromatic rings. The summed E-state index contributed by atoms with van der Waals surface area (Å²) in [5.41, 5.74) is 1.30. The SMILES string of the molecule is O=C(Nc1ccc(NC(=O)C2CC2)cc1)c1nn[nH]n1. The molecule has 1 aromatic heterocycles. The Morgan fingerprint density at radius 2 is 1.75 bits per heavy atom. The van der Waals surface area contributed by atoms with Crippen molar-refractivity contribution in [2.75, 3.05) is 10.6 Å². The maximum absolute atomic E-state index is 11.7. The Balaban J connectivity index is 1.61. The maximum atomic E-state index is 11.7. The monoisotopic (exact) mass is 272 g/mol. The smallest absolute Gasteiger partial charge is 0.297 e. The second kappa shape index (κ2) is 5.08. The Labute approximate surface area is 114 Å². The molecule has 0 radical (unpaired) electrons. The van der Waals surface area contributed by atoms with Gasteiger partial charge in [-0.3, -0.25) is 9.59 Å². The molecule has 8 heteroatoms. The summed E-state index contributed by atoms with van der Waals surface area (Å²) in [5, 5.41) is 18.1. The molecule has 0 atom stereocenters. The number of nitrogens with one attached hydrogen (secondary N) is 3. The van der Waals surface area contributed by atoms with Gasteiger partial charge < -0.3 is 10.6 Å². The number of rotatable bonds is 4. The fourth-order valence-electron chi connectivity index (χ4n) is 1.67. The highest BCUT2D eigenvalue weighted by Gasteiger charge is 2.29. The number of hydrogen-bond acceptors (Lipinski definition) is 5. The molecule has 0 aliphatic heterocycles. The number of hydrogen-bond donors (Lipinski definition) is 3. The molecular weight excluding hydrogens is 260 g/mol. The third-order valence-corrected chi connectivity index (χ3v) is 2.91. The molecular formula is C12H12N6O2. The van der Waals surface area contributed by atoms with E-state index < -0.39 is 5.91 Å². The standard InChI is InChI=1S/C12H12N6O2/c19-11(7-1-2-7)13-8-3-5-9(6-4-8)14-12(20)10-15-17-18-16-10/h3-7H,1-2H2,(H,13,19)(H,14,20)(H,15,16,17,18). The molecule has 1 fully saturated rings.